The predicted molar refractivity (Wildman–Crippen MR) is 77.9 cm³/mol. The smallest absolute Gasteiger partial charge is 0.276 e. The Kier molecular flexibility index (Phi) is 3.21. The Labute approximate surface area is 127 Å². The monoisotopic (exact) mass is 300 g/mol. The fourth-order valence-electron chi connectivity index (χ4n) is 3.35. The molecule has 4 nitrogen and oxygen atoms in total. The second kappa shape index (κ2) is 5.23. The summed E-state index contributed by atoms with van der Waals surface area (Å²) >= 11 is 0. The number of amides is 1. The van der Waals surface area contributed by atoms with Crippen LogP contribution in [0.4, 0.5) is 4.39 Å². The first-order chi connectivity index (χ1) is 10.7. The van der Waals surface area contributed by atoms with Gasteiger partial charge < -0.3 is 9.42 Å². The van der Waals surface area contributed by atoms with Gasteiger partial charge in [0.25, 0.3) is 5.91 Å². The van der Waals surface area contributed by atoms with E-state index in [2.05, 4.69) is 5.16 Å². The molecule has 2 aliphatic rings. The van der Waals surface area contributed by atoms with Gasteiger partial charge in [0.05, 0.1) is 6.04 Å². The average Bonchev–Trinajstić information content (AvgIpc) is 2.92. The number of carbonyl (C=O) groups is 1. The Morgan fingerprint density at radius 3 is 2.73 bits per heavy atom. The number of hydrogen-bond donors (Lipinski definition) is 0. The lowest BCUT2D eigenvalue weighted by atomic mass is 9.92. The fraction of sp³-hybridized carbons (Fsp3) is 0.412. The SMILES string of the molecule is O=C(c1noc2c1CCCC2)N1CCC1c1ccc(F)cc1. The lowest BCUT2D eigenvalue weighted by Crippen LogP contribution is -2.45. The van der Waals surface area contributed by atoms with Crippen LogP contribution in [0.3, 0.4) is 0 Å². The number of carbonyl (C=O) groups excluding carboxylic acids is 1. The van der Waals surface area contributed by atoms with Crippen molar-refractivity contribution in [1.29, 1.82) is 0 Å². The van der Waals surface area contributed by atoms with Crippen LogP contribution in [0.25, 0.3) is 0 Å². The zero-order valence-corrected chi connectivity index (χ0v) is 12.2. The summed E-state index contributed by atoms with van der Waals surface area (Å²) in [6.07, 6.45) is 4.82. The molecule has 0 radical (unpaired) electrons. The molecule has 1 aromatic carbocycles. The Morgan fingerprint density at radius 1 is 1.23 bits per heavy atom. The van der Waals surface area contributed by atoms with Gasteiger partial charge in [0.15, 0.2) is 5.69 Å². The van der Waals surface area contributed by atoms with Crippen molar-refractivity contribution >= 4 is 5.91 Å². The molecule has 1 unspecified atom stereocenters. The van der Waals surface area contributed by atoms with Crippen molar-refractivity contribution in [2.75, 3.05) is 6.54 Å². The van der Waals surface area contributed by atoms with Gasteiger partial charge in [0.1, 0.15) is 11.6 Å². The van der Waals surface area contributed by atoms with Crippen LogP contribution in [0.2, 0.25) is 0 Å². The van der Waals surface area contributed by atoms with Crippen molar-refractivity contribution < 1.29 is 13.7 Å². The highest BCUT2D eigenvalue weighted by molar-refractivity contribution is 5.94. The second-order valence-corrected chi connectivity index (χ2v) is 5.99. The number of aryl methyl sites for hydroxylation is 1. The van der Waals surface area contributed by atoms with Crippen molar-refractivity contribution in [3.63, 3.8) is 0 Å². The maximum atomic E-state index is 13.0. The van der Waals surface area contributed by atoms with Gasteiger partial charge in [-0.1, -0.05) is 17.3 Å². The van der Waals surface area contributed by atoms with Crippen LogP contribution in [-0.4, -0.2) is 22.5 Å². The highest BCUT2D eigenvalue weighted by Gasteiger charge is 2.37. The van der Waals surface area contributed by atoms with Gasteiger partial charge in [-0.25, -0.2) is 4.39 Å². The van der Waals surface area contributed by atoms with E-state index in [4.69, 9.17) is 4.52 Å². The molecule has 1 aliphatic heterocycles. The van der Waals surface area contributed by atoms with Gasteiger partial charge in [-0.2, -0.15) is 0 Å². The first kappa shape index (κ1) is 13.5. The van der Waals surface area contributed by atoms with E-state index < -0.39 is 0 Å². The Balaban J connectivity index is 1.58. The van der Waals surface area contributed by atoms with Gasteiger partial charge in [-0.3, -0.25) is 4.79 Å². The predicted octanol–water partition coefficient (Wildman–Crippen LogP) is 3.28. The van der Waals surface area contributed by atoms with Crippen molar-refractivity contribution in [1.82, 2.24) is 10.1 Å². The number of fused-ring (bicyclic) bond motifs is 1. The second-order valence-electron chi connectivity index (χ2n) is 5.99. The third-order valence-electron chi connectivity index (χ3n) is 4.69. The minimum absolute atomic E-state index is 0.0176. The van der Waals surface area contributed by atoms with E-state index in [1.54, 1.807) is 17.0 Å². The van der Waals surface area contributed by atoms with E-state index >= 15 is 0 Å². The number of aromatic nitrogens is 1. The lowest BCUT2D eigenvalue weighted by molar-refractivity contribution is 0.0448. The molecule has 1 amide bonds. The van der Waals surface area contributed by atoms with Crippen LogP contribution < -0.4 is 0 Å². The minimum atomic E-state index is -0.258. The largest absolute Gasteiger partial charge is 0.360 e. The molecule has 1 atom stereocenters. The van der Waals surface area contributed by atoms with Crippen molar-refractivity contribution in [3.05, 3.63) is 52.7 Å². The number of rotatable bonds is 2. The first-order valence-corrected chi connectivity index (χ1v) is 7.78. The van der Waals surface area contributed by atoms with E-state index in [0.717, 1.165) is 49.0 Å². The standard InChI is InChI=1S/C17H17FN2O2/c18-12-7-5-11(6-8-12)14-9-10-20(14)17(21)16-13-3-1-2-4-15(13)22-19-16/h5-8,14H,1-4,9-10H2. The van der Waals surface area contributed by atoms with Gasteiger partial charge in [-0.05, 0) is 43.4 Å². The summed E-state index contributed by atoms with van der Waals surface area (Å²) in [6.45, 7) is 0.711. The van der Waals surface area contributed by atoms with E-state index in [1.807, 2.05) is 0 Å². The summed E-state index contributed by atoms with van der Waals surface area (Å²) in [4.78, 5) is 14.5. The molecule has 1 aliphatic carbocycles. The molecule has 0 saturated carbocycles. The minimum Gasteiger partial charge on any atom is -0.360 e. The zero-order valence-electron chi connectivity index (χ0n) is 12.2. The van der Waals surface area contributed by atoms with Crippen LogP contribution in [-0.2, 0) is 12.8 Å². The molecular formula is C17H17FN2O2. The first-order valence-electron chi connectivity index (χ1n) is 7.78. The maximum Gasteiger partial charge on any atom is 0.276 e. The molecule has 0 spiro atoms. The Morgan fingerprint density at radius 2 is 2.00 bits per heavy atom. The molecule has 1 fully saturated rings. The summed E-state index contributed by atoms with van der Waals surface area (Å²) in [5.41, 5.74) is 2.43. The van der Waals surface area contributed by atoms with Crippen LogP contribution in [0.1, 0.15) is 52.7 Å². The molecule has 1 saturated heterocycles. The number of benzene rings is 1. The normalized spacial score (nSPS) is 20.4. The van der Waals surface area contributed by atoms with Gasteiger partial charge in [0.2, 0.25) is 0 Å². The molecule has 2 heterocycles. The summed E-state index contributed by atoms with van der Waals surface area (Å²) in [5.74, 6) is 0.549. The van der Waals surface area contributed by atoms with E-state index in [-0.39, 0.29) is 17.8 Å². The Bertz CT molecular complexity index is 708. The summed E-state index contributed by atoms with van der Waals surface area (Å²) in [7, 11) is 0. The van der Waals surface area contributed by atoms with Crippen molar-refractivity contribution in [3.8, 4) is 0 Å². The Hall–Kier alpha value is -2.17. The molecular weight excluding hydrogens is 283 g/mol. The third-order valence-corrected chi connectivity index (χ3v) is 4.69. The molecule has 4 rings (SSSR count). The molecule has 0 N–H and O–H groups in total. The van der Waals surface area contributed by atoms with E-state index in [1.165, 1.54) is 12.1 Å². The third kappa shape index (κ3) is 2.12. The van der Waals surface area contributed by atoms with Crippen LogP contribution in [0.5, 0.6) is 0 Å². The summed E-state index contributed by atoms with van der Waals surface area (Å²) < 4.78 is 18.4. The van der Waals surface area contributed by atoms with Gasteiger partial charge >= 0.3 is 0 Å². The molecule has 0 bridgehead atoms. The van der Waals surface area contributed by atoms with Crippen LogP contribution in [0.15, 0.2) is 28.8 Å². The molecule has 114 valence electrons. The molecule has 5 heteroatoms. The lowest BCUT2D eigenvalue weighted by Gasteiger charge is -2.41. The zero-order chi connectivity index (χ0) is 15.1. The topological polar surface area (TPSA) is 46.3 Å². The van der Waals surface area contributed by atoms with E-state index in [9.17, 15) is 9.18 Å². The number of nitrogens with zero attached hydrogens (tertiary/aromatic N) is 2. The highest BCUT2D eigenvalue weighted by Crippen LogP contribution is 2.35. The fourth-order valence-corrected chi connectivity index (χ4v) is 3.35. The average molecular weight is 300 g/mol. The number of likely N-dealkylation sites (tertiary alicyclic amines) is 1. The van der Waals surface area contributed by atoms with Crippen molar-refractivity contribution in [2.24, 2.45) is 0 Å². The molecule has 1 aromatic heterocycles. The highest BCUT2D eigenvalue weighted by atomic mass is 19.1. The van der Waals surface area contributed by atoms with Crippen LogP contribution >= 0.6 is 0 Å². The molecule has 2 aromatic rings. The van der Waals surface area contributed by atoms with Gasteiger partial charge in [0, 0.05) is 18.5 Å². The quantitative estimate of drug-likeness (QED) is 0.855. The van der Waals surface area contributed by atoms with Crippen LogP contribution in [0, 0.1) is 5.82 Å². The van der Waals surface area contributed by atoms with Gasteiger partial charge in [-0.15, -0.1) is 0 Å². The number of hydrogen-bond acceptors (Lipinski definition) is 3. The van der Waals surface area contributed by atoms with Crippen molar-refractivity contribution in [2.45, 2.75) is 38.1 Å². The van der Waals surface area contributed by atoms with E-state index in [0.29, 0.717) is 12.2 Å². The summed E-state index contributed by atoms with van der Waals surface area (Å²) in [6, 6.07) is 6.39. The maximum absolute atomic E-state index is 13.0. The molecule has 22 heavy (non-hydrogen) atoms. The summed E-state index contributed by atoms with van der Waals surface area (Å²) in [5, 5.41) is 4.02. The number of halogens is 1.